The van der Waals surface area contributed by atoms with E-state index in [1.807, 2.05) is 18.5 Å². The smallest absolute Gasteiger partial charge is 0.117 e. The minimum Gasteiger partial charge on any atom is -0.307 e. The first-order valence-corrected chi connectivity index (χ1v) is 14.1. The first kappa shape index (κ1) is 22.6. The summed E-state index contributed by atoms with van der Waals surface area (Å²) in [6, 6.07) is 39.2. The van der Waals surface area contributed by atoms with Crippen molar-refractivity contribution in [3.05, 3.63) is 133 Å². The monoisotopic (exact) mass is 526 g/mol. The van der Waals surface area contributed by atoms with Gasteiger partial charge in [0.05, 0.1) is 22.1 Å². The summed E-state index contributed by atoms with van der Waals surface area (Å²) in [5.41, 5.74) is 13.8. The van der Waals surface area contributed by atoms with E-state index in [4.69, 9.17) is 9.97 Å². The number of para-hydroxylation sites is 2. The van der Waals surface area contributed by atoms with Gasteiger partial charge < -0.3 is 9.13 Å². The van der Waals surface area contributed by atoms with E-state index >= 15 is 0 Å². The zero-order valence-electron chi connectivity index (χ0n) is 22.8. The van der Waals surface area contributed by atoms with Gasteiger partial charge in [-0.3, -0.25) is 9.97 Å². The van der Waals surface area contributed by atoms with Crippen LogP contribution in [-0.2, 0) is 5.41 Å². The molecule has 0 unspecified atom stereocenters. The van der Waals surface area contributed by atoms with Crippen LogP contribution < -0.4 is 0 Å². The molecule has 4 heterocycles. The van der Waals surface area contributed by atoms with E-state index in [1.54, 1.807) is 0 Å². The molecule has 4 aromatic carbocycles. The Morgan fingerprint density at radius 3 is 2.17 bits per heavy atom. The standard InChI is InChI=1S/C37H26N4/c1-37(2)29-15-8-6-13-25(29)26-19-18-24(21-30(26)37)41-32-17-10-20-38-33(32)34-36(41)35-28(22-39-34)27-14-7-9-16-31(27)40(35)23-11-4-3-5-12-23/h3-22H,1-2H3. The number of benzene rings is 4. The van der Waals surface area contributed by atoms with Crippen molar-refractivity contribution in [3.8, 4) is 22.5 Å². The molecule has 0 amide bonds. The van der Waals surface area contributed by atoms with E-state index in [0.29, 0.717) is 0 Å². The molecule has 0 atom stereocenters. The minimum absolute atomic E-state index is 0.0918. The van der Waals surface area contributed by atoms with E-state index in [9.17, 15) is 0 Å². The van der Waals surface area contributed by atoms with Crippen LogP contribution in [-0.4, -0.2) is 19.1 Å². The van der Waals surface area contributed by atoms with Crippen LogP contribution in [0.1, 0.15) is 25.0 Å². The van der Waals surface area contributed by atoms with E-state index < -0.39 is 0 Å². The van der Waals surface area contributed by atoms with Gasteiger partial charge in [0, 0.05) is 40.0 Å². The Kier molecular flexibility index (Phi) is 4.36. The normalized spacial score (nSPS) is 13.8. The summed E-state index contributed by atoms with van der Waals surface area (Å²) < 4.78 is 4.77. The molecule has 1 aliphatic rings. The number of rotatable bonds is 2. The average Bonchev–Trinajstić information content (AvgIpc) is 3.61. The molecular formula is C37H26N4. The zero-order chi connectivity index (χ0) is 27.3. The summed E-state index contributed by atoms with van der Waals surface area (Å²) in [4.78, 5) is 9.94. The number of hydrogen-bond acceptors (Lipinski definition) is 2. The van der Waals surface area contributed by atoms with Crippen LogP contribution in [0.15, 0.2) is 122 Å². The van der Waals surface area contributed by atoms with E-state index in [0.717, 1.165) is 44.3 Å². The SMILES string of the molecule is CC1(C)c2ccccc2-c2ccc(-n3c4cccnc4c4ncc5c6ccccc6n(-c6ccccc6)c5c43)cc21. The molecule has 9 rings (SSSR count). The lowest BCUT2D eigenvalue weighted by molar-refractivity contribution is 0.660. The summed E-state index contributed by atoms with van der Waals surface area (Å²) >= 11 is 0. The molecule has 0 saturated carbocycles. The maximum absolute atomic E-state index is 5.08. The summed E-state index contributed by atoms with van der Waals surface area (Å²) in [5.74, 6) is 0. The fourth-order valence-corrected chi connectivity index (χ4v) is 7.14. The van der Waals surface area contributed by atoms with Gasteiger partial charge in [-0.15, -0.1) is 0 Å². The van der Waals surface area contributed by atoms with Gasteiger partial charge in [-0.1, -0.05) is 80.6 Å². The average molecular weight is 527 g/mol. The predicted molar refractivity (Wildman–Crippen MR) is 168 cm³/mol. The van der Waals surface area contributed by atoms with Gasteiger partial charge in [-0.05, 0) is 64.7 Å². The minimum atomic E-state index is -0.0918. The lowest BCUT2D eigenvalue weighted by Crippen LogP contribution is -2.15. The Labute approximate surface area is 237 Å². The van der Waals surface area contributed by atoms with Crippen LogP contribution in [0, 0.1) is 0 Å². The van der Waals surface area contributed by atoms with E-state index in [2.05, 4.69) is 126 Å². The maximum Gasteiger partial charge on any atom is 0.117 e. The molecule has 4 aromatic heterocycles. The summed E-state index contributed by atoms with van der Waals surface area (Å²) in [6.07, 6.45) is 3.90. The van der Waals surface area contributed by atoms with Gasteiger partial charge in [0.1, 0.15) is 11.0 Å². The number of pyridine rings is 2. The highest BCUT2D eigenvalue weighted by Gasteiger charge is 2.35. The van der Waals surface area contributed by atoms with Crippen molar-refractivity contribution in [3.63, 3.8) is 0 Å². The van der Waals surface area contributed by atoms with Gasteiger partial charge in [0.15, 0.2) is 0 Å². The number of aromatic nitrogens is 4. The Morgan fingerprint density at radius 2 is 1.27 bits per heavy atom. The number of nitrogens with zero attached hydrogens (tertiary/aromatic N) is 4. The number of fused-ring (bicyclic) bond motifs is 10. The molecule has 0 bridgehead atoms. The van der Waals surface area contributed by atoms with Crippen LogP contribution >= 0.6 is 0 Å². The van der Waals surface area contributed by atoms with Crippen LogP contribution in [0.5, 0.6) is 0 Å². The van der Waals surface area contributed by atoms with Gasteiger partial charge >= 0.3 is 0 Å². The summed E-state index contributed by atoms with van der Waals surface area (Å²) in [6.45, 7) is 4.67. The highest BCUT2D eigenvalue weighted by Crippen LogP contribution is 2.49. The Hall–Kier alpha value is -5.22. The number of hydrogen-bond donors (Lipinski definition) is 0. The summed E-state index contributed by atoms with van der Waals surface area (Å²) in [7, 11) is 0. The second-order valence-electron chi connectivity index (χ2n) is 11.5. The molecule has 1 aliphatic carbocycles. The van der Waals surface area contributed by atoms with Crippen LogP contribution in [0.3, 0.4) is 0 Å². The van der Waals surface area contributed by atoms with Gasteiger partial charge in [-0.2, -0.15) is 0 Å². The van der Waals surface area contributed by atoms with Crippen LogP contribution in [0.25, 0.3) is 66.4 Å². The highest BCUT2D eigenvalue weighted by atomic mass is 15.1. The van der Waals surface area contributed by atoms with Gasteiger partial charge in [0.25, 0.3) is 0 Å². The molecular weight excluding hydrogens is 500 g/mol. The van der Waals surface area contributed by atoms with Gasteiger partial charge in [-0.25, -0.2) is 0 Å². The third kappa shape index (κ3) is 2.89. The Morgan fingerprint density at radius 1 is 0.537 bits per heavy atom. The van der Waals surface area contributed by atoms with Gasteiger partial charge in [0.2, 0.25) is 0 Å². The molecule has 8 aromatic rings. The molecule has 4 nitrogen and oxygen atoms in total. The lowest BCUT2D eigenvalue weighted by atomic mass is 9.82. The van der Waals surface area contributed by atoms with E-state index in [1.165, 1.54) is 33.2 Å². The van der Waals surface area contributed by atoms with Crippen molar-refractivity contribution >= 4 is 43.9 Å². The van der Waals surface area contributed by atoms with Crippen molar-refractivity contribution in [1.29, 1.82) is 0 Å². The molecule has 41 heavy (non-hydrogen) atoms. The summed E-state index contributed by atoms with van der Waals surface area (Å²) in [5, 5.41) is 2.32. The third-order valence-corrected chi connectivity index (χ3v) is 9.00. The fraction of sp³-hybridized carbons (Fsp3) is 0.0811. The van der Waals surface area contributed by atoms with Crippen LogP contribution in [0.4, 0.5) is 0 Å². The predicted octanol–water partition coefficient (Wildman–Crippen LogP) is 8.98. The van der Waals surface area contributed by atoms with Crippen LogP contribution in [0.2, 0.25) is 0 Å². The molecule has 4 heteroatoms. The first-order chi connectivity index (χ1) is 20.1. The molecule has 0 radical (unpaired) electrons. The maximum atomic E-state index is 5.08. The fourth-order valence-electron chi connectivity index (χ4n) is 7.14. The Balaban J connectivity index is 1.46. The molecule has 0 spiro atoms. The quantitative estimate of drug-likeness (QED) is 0.225. The zero-order valence-corrected chi connectivity index (χ0v) is 22.8. The topological polar surface area (TPSA) is 35.6 Å². The van der Waals surface area contributed by atoms with Crippen molar-refractivity contribution in [2.45, 2.75) is 19.3 Å². The van der Waals surface area contributed by atoms with Crippen molar-refractivity contribution in [1.82, 2.24) is 19.1 Å². The first-order valence-electron chi connectivity index (χ1n) is 14.1. The lowest BCUT2D eigenvalue weighted by Gasteiger charge is -2.22. The largest absolute Gasteiger partial charge is 0.307 e. The molecule has 0 aliphatic heterocycles. The molecule has 0 saturated heterocycles. The Bertz CT molecular complexity index is 2340. The van der Waals surface area contributed by atoms with E-state index in [-0.39, 0.29) is 5.41 Å². The third-order valence-electron chi connectivity index (χ3n) is 9.00. The van der Waals surface area contributed by atoms with Crippen molar-refractivity contribution in [2.24, 2.45) is 0 Å². The molecule has 0 N–H and O–H groups in total. The second kappa shape index (κ2) is 7.92. The highest BCUT2D eigenvalue weighted by molar-refractivity contribution is 6.21. The molecule has 194 valence electrons. The van der Waals surface area contributed by atoms with Crippen molar-refractivity contribution < 1.29 is 0 Å². The second-order valence-corrected chi connectivity index (χ2v) is 11.5. The van der Waals surface area contributed by atoms with Crippen molar-refractivity contribution in [2.75, 3.05) is 0 Å². The molecule has 0 fully saturated rings.